The molecule has 4 N–H and O–H groups in total. The van der Waals surface area contributed by atoms with E-state index in [1.165, 1.54) is 40.5 Å². The zero-order valence-electron chi connectivity index (χ0n) is 48.6. The molecule has 85 heavy (non-hydrogen) atoms. The van der Waals surface area contributed by atoms with Crippen LogP contribution in [0.15, 0.2) is 170 Å². The molecule has 0 spiro atoms. The van der Waals surface area contributed by atoms with Crippen LogP contribution >= 0.6 is 0 Å². The molecule has 0 heterocycles. The number of rotatable bonds is 26. The molecule has 444 valence electrons. The van der Waals surface area contributed by atoms with Gasteiger partial charge in [0, 0.05) is 35.6 Å². The lowest BCUT2D eigenvalue weighted by Crippen LogP contribution is -2.38. The van der Waals surface area contributed by atoms with E-state index in [1.807, 2.05) is 24.3 Å². The Morgan fingerprint density at radius 2 is 0.894 bits per heavy atom. The highest BCUT2D eigenvalue weighted by molar-refractivity contribution is 5.99. The van der Waals surface area contributed by atoms with Crippen molar-refractivity contribution >= 4 is 52.9 Å². The van der Waals surface area contributed by atoms with Crippen molar-refractivity contribution < 1.29 is 67.5 Å². The monoisotopic (exact) mass is 1160 g/mol. The number of ether oxygens (including phenoxy) is 5. The van der Waals surface area contributed by atoms with Gasteiger partial charge in [-0.05, 0) is 171 Å². The molecule has 0 radical (unpaired) electrons. The standard InChI is InChI=1S/C38H40N2O8.C29H32N2O6/c1-3-4-5-6-23-47-33-21-13-30(14-22-33)38(45)48-34-19-9-28(10-20-34)25-40(26-36(42)43)37(44)29-11-15-31(16-12-29)39-35(41)24-27-7-17-32(46-2)18-8-27;1-29(2,3)37-27(34)19-31(18-21-5-13-24(32)14-6-21)28(35)22-9-11-23(12-10-22)30-26(33)17-20-7-15-25(36-4)16-8-20/h7-22H,3-6,23-26H2,1-2H3,(H,39,41)(H,42,43);5-16,32H,17-19H2,1-4H3,(H,30,33). The molecule has 7 rings (SSSR count). The highest BCUT2D eigenvalue weighted by Crippen LogP contribution is 2.22. The molecule has 7 aromatic carbocycles. The molecule has 18 heteroatoms. The number of phenolic OH excluding ortho intramolecular Hbond substituents is 1. The third-order valence-electron chi connectivity index (χ3n) is 12.7. The van der Waals surface area contributed by atoms with Crippen LogP contribution in [0.5, 0.6) is 28.7 Å². The molecule has 0 unspecified atom stereocenters. The molecule has 0 atom stereocenters. The van der Waals surface area contributed by atoms with E-state index in [9.17, 15) is 43.8 Å². The topological polar surface area (TPSA) is 237 Å². The minimum absolute atomic E-state index is 0.0135. The van der Waals surface area contributed by atoms with E-state index in [4.69, 9.17) is 23.7 Å². The minimum atomic E-state index is -1.16. The number of phenols is 1. The Morgan fingerprint density at radius 3 is 1.33 bits per heavy atom. The van der Waals surface area contributed by atoms with Crippen LogP contribution in [0.1, 0.15) is 107 Å². The number of amides is 4. The van der Waals surface area contributed by atoms with E-state index >= 15 is 0 Å². The Labute approximate surface area is 495 Å². The van der Waals surface area contributed by atoms with Crippen LogP contribution in [-0.2, 0) is 49.8 Å². The van der Waals surface area contributed by atoms with Crippen LogP contribution < -0.4 is 29.6 Å². The van der Waals surface area contributed by atoms with Gasteiger partial charge in [-0.1, -0.05) is 74.7 Å². The summed E-state index contributed by atoms with van der Waals surface area (Å²) in [5.74, 6) is -0.962. The number of unbranched alkanes of at least 4 members (excludes halogenated alkanes) is 3. The molecule has 0 saturated carbocycles. The molecule has 0 aliphatic heterocycles. The Kier molecular flexibility index (Phi) is 24.2. The van der Waals surface area contributed by atoms with E-state index < -0.39 is 36.0 Å². The normalized spacial score (nSPS) is 10.7. The molecule has 0 aliphatic rings. The lowest BCUT2D eigenvalue weighted by Gasteiger charge is -2.25. The minimum Gasteiger partial charge on any atom is -0.508 e. The highest BCUT2D eigenvalue weighted by Gasteiger charge is 2.24. The lowest BCUT2D eigenvalue weighted by molar-refractivity contribution is -0.155. The Balaban J connectivity index is 0.000000282. The van der Waals surface area contributed by atoms with Crippen LogP contribution in [0.3, 0.4) is 0 Å². The average molecular weight is 1160 g/mol. The van der Waals surface area contributed by atoms with Gasteiger partial charge in [0.1, 0.15) is 47.4 Å². The summed E-state index contributed by atoms with van der Waals surface area (Å²) in [6, 6.07) is 46.9. The number of carboxylic acids is 1. The molecule has 4 amide bonds. The third-order valence-corrected chi connectivity index (χ3v) is 12.7. The van der Waals surface area contributed by atoms with E-state index in [0.29, 0.717) is 51.9 Å². The van der Waals surface area contributed by atoms with Crippen molar-refractivity contribution in [1.82, 2.24) is 9.80 Å². The summed E-state index contributed by atoms with van der Waals surface area (Å²) < 4.78 is 26.9. The predicted molar refractivity (Wildman–Crippen MR) is 322 cm³/mol. The van der Waals surface area contributed by atoms with Gasteiger partial charge in [-0.2, -0.15) is 0 Å². The number of carboxylic acid groups (broad SMARTS) is 1. The summed E-state index contributed by atoms with van der Waals surface area (Å²) >= 11 is 0. The molecular weight excluding hydrogens is 1080 g/mol. The second-order valence-electron chi connectivity index (χ2n) is 20.7. The Hall–Kier alpha value is -9.97. The van der Waals surface area contributed by atoms with Crippen molar-refractivity contribution in [2.45, 2.75) is 84.9 Å². The van der Waals surface area contributed by atoms with Crippen molar-refractivity contribution in [3.05, 3.63) is 209 Å². The molecule has 0 saturated heterocycles. The fraction of sp³-hybridized carbons (Fsp3) is 0.269. The second kappa shape index (κ2) is 32.0. The van der Waals surface area contributed by atoms with Gasteiger partial charge in [0.05, 0.1) is 39.2 Å². The molecule has 0 bridgehead atoms. The van der Waals surface area contributed by atoms with E-state index in [1.54, 1.807) is 156 Å². The number of esters is 2. The number of nitrogens with zero attached hydrogens (tertiary/aromatic N) is 2. The van der Waals surface area contributed by atoms with Gasteiger partial charge < -0.3 is 54.3 Å². The maximum absolute atomic E-state index is 13.3. The molecule has 0 aliphatic carbocycles. The molecule has 0 fully saturated rings. The van der Waals surface area contributed by atoms with Crippen molar-refractivity contribution in [3.63, 3.8) is 0 Å². The first-order valence-corrected chi connectivity index (χ1v) is 27.7. The maximum Gasteiger partial charge on any atom is 0.343 e. The van der Waals surface area contributed by atoms with Gasteiger partial charge >= 0.3 is 17.9 Å². The summed E-state index contributed by atoms with van der Waals surface area (Å²) in [6.45, 7) is 7.48. The summed E-state index contributed by atoms with van der Waals surface area (Å²) in [7, 11) is 3.16. The molecular formula is C67H72N4O14. The zero-order valence-corrected chi connectivity index (χ0v) is 48.6. The largest absolute Gasteiger partial charge is 0.508 e. The van der Waals surface area contributed by atoms with Gasteiger partial charge in [-0.15, -0.1) is 0 Å². The first-order valence-electron chi connectivity index (χ1n) is 27.7. The second-order valence-corrected chi connectivity index (χ2v) is 20.7. The van der Waals surface area contributed by atoms with Gasteiger partial charge in [0.25, 0.3) is 11.8 Å². The van der Waals surface area contributed by atoms with Gasteiger partial charge in [-0.3, -0.25) is 28.8 Å². The number of anilines is 2. The average Bonchev–Trinajstić information content (AvgIpc) is 3.68. The van der Waals surface area contributed by atoms with Gasteiger partial charge in [0.15, 0.2) is 0 Å². The number of aromatic hydroxyl groups is 1. The van der Waals surface area contributed by atoms with Crippen LogP contribution in [-0.4, -0.2) is 101 Å². The van der Waals surface area contributed by atoms with Crippen LogP contribution in [0, 0.1) is 0 Å². The fourth-order valence-electron chi connectivity index (χ4n) is 8.39. The number of hydrogen-bond acceptors (Lipinski definition) is 13. The summed E-state index contributed by atoms with van der Waals surface area (Å²) in [6.07, 6.45) is 4.81. The summed E-state index contributed by atoms with van der Waals surface area (Å²) in [5.41, 5.74) is 4.42. The SMILES string of the molecule is CCCCCCOc1ccc(C(=O)Oc2ccc(CN(CC(=O)O)C(=O)c3ccc(NC(=O)Cc4ccc(OC)cc4)cc3)cc2)cc1.COc1ccc(CC(=O)Nc2ccc(C(=O)N(CC(=O)OC(C)(C)C)Cc3ccc(O)cc3)cc2)cc1. The Bertz CT molecular complexity index is 3310. The first kappa shape index (κ1) is 64.2. The number of hydrogen-bond donors (Lipinski definition) is 4. The molecule has 0 aromatic heterocycles. The van der Waals surface area contributed by atoms with Gasteiger partial charge in [-0.25, -0.2) is 4.79 Å². The van der Waals surface area contributed by atoms with Gasteiger partial charge in [0.2, 0.25) is 11.8 Å². The number of carbonyl (C=O) groups excluding carboxylic acids is 6. The lowest BCUT2D eigenvalue weighted by atomic mass is 10.1. The summed E-state index contributed by atoms with van der Waals surface area (Å²) in [5, 5.41) is 24.7. The van der Waals surface area contributed by atoms with E-state index in [-0.39, 0.29) is 61.5 Å². The van der Waals surface area contributed by atoms with Crippen molar-refractivity contribution in [1.29, 1.82) is 0 Å². The third kappa shape index (κ3) is 22.0. The van der Waals surface area contributed by atoms with Crippen molar-refractivity contribution in [3.8, 4) is 28.7 Å². The first-order chi connectivity index (χ1) is 40.8. The Morgan fingerprint density at radius 1 is 0.482 bits per heavy atom. The predicted octanol–water partition coefficient (Wildman–Crippen LogP) is 11.3. The van der Waals surface area contributed by atoms with E-state index in [0.717, 1.165) is 41.7 Å². The number of carbonyl (C=O) groups is 7. The van der Waals surface area contributed by atoms with Crippen molar-refractivity contribution in [2.24, 2.45) is 0 Å². The van der Waals surface area contributed by atoms with Crippen LogP contribution in [0.4, 0.5) is 11.4 Å². The fourth-order valence-corrected chi connectivity index (χ4v) is 8.39. The van der Waals surface area contributed by atoms with E-state index in [2.05, 4.69) is 17.6 Å². The number of benzene rings is 7. The molecule has 7 aromatic rings. The van der Waals surface area contributed by atoms with Crippen LogP contribution in [0.2, 0.25) is 0 Å². The number of methoxy groups -OCH3 is 2. The summed E-state index contributed by atoms with van der Waals surface area (Å²) in [4.78, 5) is 90.9. The smallest absolute Gasteiger partial charge is 0.343 e. The number of aliphatic carboxylic acids is 1. The maximum atomic E-state index is 13.3. The van der Waals surface area contributed by atoms with Crippen molar-refractivity contribution in [2.75, 3.05) is 44.5 Å². The number of nitrogens with one attached hydrogen (secondary N) is 2. The zero-order chi connectivity index (χ0) is 61.3. The molecule has 18 nitrogen and oxygen atoms in total. The highest BCUT2D eigenvalue weighted by atomic mass is 16.6. The van der Waals surface area contributed by atoms with Crippen LogP contribution in [0.25, 0.3) is 0 Å². The quantitative estimate of drug-likeness (QED) is 0.0224.